The molecule has 0 fully saturated rings. The Labute approximate surface area is 125 Å². The lowest BCUT2D eigenvalue weighted by Crippen LogP contribution is -2.13. The van der Waals surface area contributed by atoms with Crippen LogP contribution in [-0.2, 0) is 6.54 Å². The van der Waals surface area contributed by atoms with E-state index in [1.807, 2.05) is 18.2 Å². The fourth-order valence-electron chi connectivity index (χ4n) is 1.89. The van der Waals surface area contributed by atoms with Crippen molar-refractivity contribution in [2.45, 2.75) is 6.54 Å². The van der Waals surface area contributed by atoms with E-state index in [2.05, 4.69) is 20.4 Å². The zero-order chi connectivity index (χ0) is 15.4. The summed E-state index contributed by atoms with van der Waals surface area (Å²) in [4.78, 5) is 20.1. The summed E-state index contributed by atoms with van der Waals surface area (Å²) < 4.78 is 14.6. The van der Waals surface area contributed by atoms with Crippen molar-refractivity contribution < 1.29 is 9.18 Å². The molecule has 22 heavy (non-hydrogen) atoms. The van der Waals surface area contributed by atoms with Gasteiger partial charge in [-0.2, -0.15) is 0 Å². The summed E-state index contributed by atoms with van der Waals surface area (Å²) in [6.45, 7) is 0.448. The summed E-state index contributed by atoms with van der Waals surface area (Å²) in [6.07, 6.45) is 3.19. The first-order valence-corrected chi connectivity index (χ1v) is 6.57. The molecular weight excluding hydrogens is 285 g/mol. The lowest BCUT2D eigenvalue weighted by molar-refractivity contribution is 0.102. The molecule has 2 heterocycles. The first kappa shape index (κ1) is 13.9. The van der Waals surface area contributed by atoms with E-state index in [1.54, 1.807) is 10.9 Å². The average Bonchev–Trinajstić information content (AvgIpc) is 2.95. The van der Waals surface area contributed by atoms with Gasteiger partial charge in [0.2, 0.25) is 5.95 Å². The molecule has 0 aliphatic heterocycles. The van der Waals surface area contributed by atoms with Crippen LogP contribution < -0.4 is 5.32 Å². The third-order valence-electron chi connectivity index (χ3n) is 2.90. The van der Waals surface area contributed by atoms with E-state index in [4.69, 9.17) is 0 Å². The molecule has 110 valence electrons. The fraction of sp³-hybridized carbons (Fsp3) is 0.0667. The van der Waals surface area contributed by atoms with Gasteiger partial charge in [0.25, 0.3) is 5.91 Å². The zero-order valence-corrected chi connectivity index (χ0v) is 11.5. The Balaban J connectivity index is 1.68. The first-order valence-electron chi connectivity index (χ1n) is 6.57. The Hall–Kier alpha value is -3.09. The van der Waals surface area contributed by atoms with Crippen LogP contribution in [-0.4, -0.2) is 25.7 Å². The third kappa shape index (κ3) is 3.32. The highest BCUT2D eigenvalue weighted by Crippen LogP contribution is 2.07. The first-order chi connectivity index (χ1) is 10.7. The number of amides is 1. The highest BCUT2D eigenvalue weighted by atomic mass is 19.1. The minimum atomic E-state index is -0.471. The minimum absolute atomic E-state index is 0.158. The van der Waals surface area contributed by atoms with Gasteiger partial charge in [0.1, 0.15) is 12.1 Å². The molecule has 1 N–H and O–H groups in total. The van der Waals surface area contributed by atoms with Crippen molar-refractivity contribution >= 4 is 11.9 Å². The Morgan fingerprint density at radius 1 is 1.18 bits per heavy atom. The third-order valence-corrected chi connectivity index (χ3v) is 2.90. The van der Waals surface area contributed by atoms with Crippen molar-refractivity contribution in [1.82, 2.24) is 19.7 Å². The van der Waals surface area contributed by atoms with Gasteiger partial charge >= 0.3 is 0 Å². The molecule has 3 rings (SSSR count). The summed E-state index contributed by atoms with van der Waals surface area (Å²) in [5.74, 6) is -0.776. The van der Waals surface area contributed by atoms with Gasteiger partial charge in [-0.1, -0.05) is 12.1 Å². The van der Waals surface area contributed by atoms with E-state index in [1.165, 1.54) is 24.5 Å². The molecule has 0 aliphatic carbocycles. The molecule has 0 saturated heterocycles. The number of anilines is 1. The quantitative estimate of drug-likeness (QED) is 0.800. The van der Waals surface area contributed by atoms with Crippen LogP contribution in [0.15, 0.2) is 55.0 Å². The second kappa shape index (κ2) is 6.13. The van der Waals surface area contributed by atoms with Crippen molar-refractivity contribution in [3.8, 4) is 0 Å². The molecule has 3 aromatic rings. The monoisotopic (exact) mass is 297 g/mol. The van der Waals surface area contributed by atoms with E-state index in [0.29, 0.717) is 6.54 Å². The predicted octanol–water partition coefficient (Wildman–Crippen LogP) is 2.11. The van der Waals surface area contributed by atoms with Gasteiger partial charge in [-0.15, -0.1) is 5.10 Å². The number of halogens is 1. The molecule has 1 aromatic carbocycles. The van der Waals surface area contributed by atoms with Crippen molar-refractivity contribution in [3.63, 3.8) is 0 Å². The number of nitrogens with zero attached hydrogens (tertiary/aromatic N) is 4. The van der Waals surface area contributed by atoms with Crippen LogP contribution in [0.4, 0.5) is 10.3 Å². The highest BCUT2D eigenvalue weighted by Gasteiger charge is 2.10. The van der Waals surface area contributed by atoms with Crippen LogP contribution >= 0.6 is 0 Å². The molecule has 7 heteroatoms. The van der Waals surface area contributed by atoms with Crippen LogP contribution in [0.25, 0.3) is 0 Å². The molecule has 0 saturated carbocycles. The van der Waals surface area contributed by atoms with Gasteiger partial charge in [-0.25, -0.2) is 14.1 Å². The molecular formula is C15H12FN5O. The molecule has 0 atom stereocenters. The number of benzene rings is 1. The van der Waals surface area contributed by atoms with Crippen molar-refractivity contribution in [2.75, 3.05) is 5.32 Å². The summed E-state index contributed by atoms with van der Waals surface area (Å²) >= 11 is 0. The van der Waals surface area contributed by atoms with Crippen molar-refractivity contribution in [3.05, 3.63) is 72.1 Å². The molecule has 6 nitrogen and oxygen atoms in total. The molecule has 0 unspecified atom stereocenters. The Morgan fingerprint density at radius 2 is 2.09 bits per heavy atom. The van der Waals surface area contributed by atoms with Gasteiger partial charge in [0.05, 0.1) is 12.2 Å². The van der Waals surface area contributed by atoms with E-state index >= 15 is 0 Å². The second-order valence-electron chi connectivity index (χ2n) is 4.55. The fourth-order valence-corrected chi connectivity index (χ4v) is 1.89. The normalized spacial score (nSPS) is 10.4. The Morgan fingerprint density at radius 3 is 2.86 bits per heavy atom. The van der Waals surface area contributed by atoms with Gasteiger partial charge in [0.15, 0.2) is 0 Å². The summed E-state index contributed by atoms with van der Waals surface area (Å²) in [6, 6.07) is 11.0. The number of hydrogen-bond donors (Lipinski definition) is 1. The van der Waals surface area contributed by atoms with Crippen molar-refractivity contribution in [1.29, 1.82) is 0 Å². The number of hydrogen-bond acceptors (Lipinski definition) is 4. The zero-order valence-electron chi connectivity index (χ0n) is 11.5. The highest BCUT2D eigenvalue weighted by molar-refractivity contribution is 6.03. The van der Waals surface area contributed by atoms with Gasteiger partial charge < -0.3 is 0 Å². The summed E-state index contributed by atoms with van der Waals surface area (Å²) in [5.41, 5.74) is 1.04. The van der Waals surface area contributed by atoms with Crippen LogP contribution in [0.3, 0.4) is 0 Å². The SMILES string of the molecule is O=C(Nc1ncn(Cc2ccccn2)n1)c1cccc(F)c1. The van der Waals surface area contributed by atoms with Crippen LogP contribution in [0.1, 0.15) is 16.1 Å². The number of aromatic nitrogens is 4. The predicted molar refractivity (Wildman–Crippen MR) is 77.7 cm³/mol. The number of nitrogens with one attached hydrogen (secondary N) is 1. The van der Waals surface area contributed by atoms with E-state index < -0.39 is 11.7 Å². The number of pyridine rings is 1. The maximum atomic E-state index is 13.1. The molecule has 0 aliphatic rings. The molecule has 2 aromatic heterocycles. The van der Waals surface area contributed by atoms with Crippen molar-refractivity contribution in [2.24, 2.45) is 0 Å². The summed E-state index contributed by atoms with van der Waals surface area (Å²) in [7, 11) is 0. The summed E-state index contributed by atoms with van der Waals surface area (Å²) in [5, 5.41) is 6.66. The molecule has 1 amide bonds. The van der Waals surface area contributed by atoms with Crippen LogP contribution in [0.2, 0.25) is 0 Å². The van der Waals surface area contributed by atoms with Gasteiger partial charge in [0, 0.05) is 11.8 Å². The molecule has 0 radical (unpaired) electrons. The molecule has 0 spiro atoms. The maximum absolute atomic E-state index is 13.1. The van der Waals surface area contributed by atoms with Crippen LogP contribution in [0, 0.1) is 5.82 Å². The standard InChI is InChI=1S/C15H12FN5O/c16-12-5-3-4-11(8-12)14(22)19-15-18-10-21(20-15)9-13-6-1-2-7-17-13/h1-8,10H,9H2,(H,19,20,22). The smallest absolute Gasteiger partial charge is 0.258 e. The topological polar surface area (TPSA) is 72.7 Å². The lowest BCUT2D eigenvalue weighted by atomic mass is 10.2. The van der Waals surface area contributed by atoms with E-state index in [9.17, 15) is 9.18 Å². The Bertz CT molecular complexity index is 787. The average molecular weight is 297 g/mol. The molecule has 0 bridgehead atoms. The lowest BCUT2D eigenvalue weighted by Gasteiger charge is -2.01. The van der Waals surface area contributed by atoms with Crippen LogP contribution in [0.5, 0.6) is 0 Å². The van der Waals surface area contributed by atoms with Gasteiger partial charge in [-0.3, -0.25) is 15.1 Å². The largest absolute Gasteiger partial charge is 0.289 e. The maximum Gasteiger partial charge on any atom is 0.258 e. The van der Waals surface area contributed by atoms with E-state index in [-0.39, 0.29) is 11.5 Å². The number of carbonyl (C=O) groups is 1. The number of carbonyl (C=O) groups excluding carboxylic acids is 1. The van der Waals surface area contributed by atoms with Gasteiger partial charge in [-0.05, 0) is 30.3 Å². The minimum Gasteiger partial charge on any atom is -0.289 e. The Kier molecular flexibility index (Phi) is 3.86. The number of rotatable bonds is 4. The van der Waals surface area contributed by atoms with E-state index in [0.717, 1.165) is 11.8 Å². The second-order valence-corrected chi connectivity index (χ2v) is 4.55.